The van der Waals surface area contributed by atoms with Crippen molar-refractivity contribution in [3.05, 3.63) is 33.8 Å². The predicted octanol–water partition coefficient (Wildman–Crippen LogP) is 1.97. The van der Waals surface area contributed by atoms with Crippen LogP contribution in [0, 0.1) is 0 Å². The van der Waals surface area contributed by atoms with E-state index in [4.69, 9.17) is 0 Å². The van der Waals surface area contributed by atoms with Gasteiger partial charge in [-0.2, -0.15) is 0 Å². The molecule has 0 unspecified atom stereocenters. The maximum atomic E-state index is 12.1. The van der Waals surface area contributed by atoms with Crippen molar-refractivity contribution in [1.82, 2.24) is 4.90 Å². The topological polar surface area (TPSA) is 46.6 Å². The van der Waals surface area contributed by atoms with Gasteiger partial charge in [0.15, 0.2) is 0 Å². The van der Waals surface area contributed by atoms with Crippen molar-refractivity contribution < 1.29 is 14.3 Å². The zero-order valence-corrected chi connectivity index (χ0v) is 11.2. The smallest absolute Gasteiger partial charge is 0.328 e. The van der Waals surface area contributed by atoms with Crippen LogP contribution in [0.3, 0.4) is 0 Å². The summed E-state index contributed by atoms with van der Waals surface area (Å²) in [5.41, 5.74) is 1.59. The van der Waals surface area contributed by atoms with Crippen LogP contribution in [0.15, 0.2) is 22.7 Å². The standard InChI is InChI=1S/C12H12BrNO3/c1-7(12(16)17-2)14-6-8-3-4-9(13)5-10(8)11(14)15/h3-5,7H,6H2,1-2H3/t7-/m1/s1. The van der Waals surface area contributed by atoms with E-state index in [-0.39, 0.29) is 5.91 Å². The Labute approximate surface area is 108 Å². The summed E-state index contributed by atoms with van der Waals surface area (Å²) in [6, 6.07) is 5.00. The third-order valence-corrected chi connectivity index (χ3v) is 3.41. The van der Waals surface area contributed by atoms with Crippen molar-refractivity contribution in [3.63, 3.8) is 0 Å². The normalized spacial score (nSPS) is 15.7. The minimum atomic E-state index is -0.557. The molecule has 1 atom stereocenters. The van der Waals surface area contributed by atoms with Gasteiger partial charge in [-0.25, -0.2) is 4.79 Å². The fourth-order valence-corrected chi connectivity index (χ4v) is 2.27. The number of hydrogen-bond donors (Lipinski definition) is 0. The van der Waals surface area contributed by atoms with Crippen molar-refractivity contribution in [2.24, 2.45) is 0 Å². The summed E-state index contributed by atoms with van der Waals surface area (Å²) >= 11 is 3.33. The number of carbonyl (C=O) groups is 2. The van der Waals surface area contributed by atoms with Gasteiger partial charge in [-0.15, -0.1) is 0 Å². The minimum absolute atomic E-state index is 0.126. The Morgan fingerprint density at radius 2 is 2.24 bits per heavy atom. The highest BCUT2D eigenvalue weighted by atomic mass is 79.9. The second-order valence-corrected chi connectivity index (χ2v) is 4.85. The number of ether oxygens (including phenoxy) is 1. The highest BCUT2D eigenvalue weighted by Crippen LogP contribution is 2.27. The van der Waals surface area contributed by atoms with E-state index in [9.17, 15) is 9.59 Å². The van der Waals surface area contributed by atoms with Gasteiger partial charge in [-0.3, -0.25) is 4.79 Å². The lowest BCUT2D eigenvalue weighted by Gasteiger charge is -2.21. The van der Waals surface area contributed by atoms with Crippen LogP contribution in [0.5, 0.6) is 0 Å². The molecule has 5 heteroatoms. The monoisotopic (exact) mass is 297 g/mol. The maximum Gasteiger partial charge on any atom is 0.328 e. The van der Waals surface area contributed by atoms with Crippen molar-refractivity contribution >= 4 is 27.8 Å². The number of carbonyl (C=O) groups excluding carboxylic acids is 2. The lowest BCUT2D eigenvalue weighted by atomic mass is 10.1. The Morgan fingerprint density at radius 3 is 2.88 bits per heavy atom. The summed E-state index contributed by atoms with van der Waals surface area (Å²) in [4.78, 5) is 25.1. The van der Waals surface area contributed by atoms with E-state index in [1.807, 2.05) is 12.1 Å². The second kappa shape index (κ2) is 4.49. The second-order valence-electron chi connectivity index (χ2n) is 3.93. The average Bonchev–Trinajstić information content (AvgIpc) is 2.65. The Hall–Kier alpha value is -1.36. The van der Waals surface area contributed by atoms with Gasteiger partial charge < -0.3 is 9.64 Å². The minimum Gasteiger partial charge on any atom is -0.467 e. The number of halogens is 1. The number of benzene rings is 1. The lowest BCUT2D eigenvalue weighted by Crippen LogP contribution is -2.39. The molecule has 90 valence electrons. The molecule has 1 amide bonds. The first-order chi connectivity index (χ1) is 8.04. The van der Waals surface area contributed by atoms with Gasteiger partial charge in [0.1, 0.15) is 6.04 Å². The Morgan fingerprint density at radius 1 is 1.53 bits per heavy atom. The van der Waals surface area contributed by atoms with Crippen molar-refractivity contribution in [2.75, 3.05) is 7.11 Å². The van der Waals surface area contributed by atoms with Crippen LogP contribution < -0.4 is 0 Å². The molecule has 0 saturated heterocycles. The summed E-state index contributed by atoms with van der Waals surface area (Å²) in [5, 5.41) is 0. The molecule has 0 aliphatic carbocycles. The van der Waals surface area contributed by atoms with Crippen LogP contribution in [0.4, 0.5) is 0 Å². The fourth-order valence-electron chi connectivity index (χ4n) is 1.91. The van der Waals surface area contributed by atoms with E-state index in [0.29, 0.717) is 12.1 Å². The van der Waals surface area contributed by atoms with E-state index in [0.717, 1.165) is 10.0 Å². The largest absolute Gasteiger partial charge is 0.467 e. The summed E-state index contributed by atoms with van der Waals surface area (Å²) in [6.45, 7) is 2.13. The highest BCUT2D eigenvalue weighted by Gasteiger charge is 2.34. The Balaban J connectivity index is 2.28. The van der Waals surface area contributed by atoms with Crippen LogP contribution in [-0.4, -0.2) is 29.9 Å². The molecule has 0 radical (unpaired) electrons. The highest BCUT2D eigenvalue weighted by molar-refractivity contribution is 9.10. The molecule has 1 aliphatic rings. The average molecular weight is 298 g/mol. The van der Waals surface area contributed by atoms with Crippen LogP contribution in [0.25, 0.3) is 0 Å². The first-order valence-corrected chi connectivity index (χ1v) is 6.01. The maximum absolute atomic E-state index is 12.1. The number of amides is 1. The predicted molar refractivity (Wildman–Crippen MR) is 65.5 cm³/mol. The molecule has 1 aromatic carbocycles. The number of rotatable bonds is 2. The van der Waals surface area contributed by atoms with Crippen molar-refractivity contribution in [1.29, 1.82) is 0 Å². The molecule has 17 heavy (non-hydrogen) atoms. The number of hydrogen-bond acceptors (Lipinski definition) is 3. The van der Waals surface area contributed by atoms with Crippen LogP contribution in [0.2, 0.25) is 0 Å². The van der Waals surface area contributed by atoms with Crippen LogP contribution >= 0.6 is 15.9 Å². The van der Waals surface area contributed by atoms with Crippen LogP contribution in [-0.2, 0) is 16.1 Å². The zero-order chi connectivity index (χ0) is 12.6. The van der Waals surface area contributed by atoms with Crippen molar-refractivity contribution in [2.45, 2.75) is 19.5 Å². The summed E-state index contributed by atoms with van der Waals surface area (Å²) < 4.78 is 5.51. The number of nitrogens with zero attached hydrogens (tertiary/aromatic N) is 1. The first-order valence-electron chi connectivity index (χ1n) is 5.22. The molecular formula is C12H12BrNO3. The molecule has 4 nitrogen and oxygen atoms in total. The zero-order valence-electron chi connectivity index (χ0n) is 9.57. The molecule has 0 N–H and O–H groups in total. The van der Waals surface area contributed by atoms with E-state index in [2.05, 4.69) is 20.7 Å². The molecular weight excluding hydrogens is 286 g/mol. The number of fused-ring (bicyclic) bond motifs is 1. The van der Waals surface area contributed by atoms with E-state index < -0.39 is 12.0 Å². The Bertz CT molecular complexity index is 487. The summed E-state index contributed by atoms with van der Waals surface area (Å²) in [5.74, 6) is -0.524. The molecule has 0 spiro atoms. The Kier molecular flexibility index (Phi) is 3.19. The number of methoxy groups -OCH3 is 1. The first kappa shape index (κ1) is 12.1. The van der Waals surface area contributed by atoms with Gasteiger partial charge >= 0.3 is 5.97 Å². The van der Waals surface area contributed by atoms with Crippen molar-refractivity contribution in [3.8, 4) is 0 Å². The summed E-state index contributed by atoms with van der Waals surface area (Å²) in [6.07, 6.45) is 0. The number of esters is 1. The molecule has 0 aromatic heterocycles. The SMILES string of the molecule is COC(=O)[C@@H](C)N1Cc2ccc(Br)cc2C1=O. The third kappa shape index (κ3) is 2.07. The molecule has 0 bridgehead atoms. The van der Waals surface area contributed by atoms with Gasteiger partial charge in [0.05, 0.1) is 7.11 Å². The molecule has 0 fully saturated rings. The van der Waals surface area contributed by atoms with Gasteiger partial charge in [0.2, 0.25) is 0 Å². The molecule has 1 aliphatic heterocycles. The van der Waals surface area contributed by atoms with Gasteiger partial charge in [0, 0.05) is 16.6 Å². The quantitative estimate of drug-likeness (QED) is 0.784. The van der Waals surface area contributed by atoms with E-state index in [1.165, 1.54) is 12.0 Å². The van der Waals surface area contributed by atoms with Gasteiger partial charge in [0.25, 0.3) is 5.91 Å². The van der Waals surface area contributed by atoms with Gasteiger partial charge in [-0.05, 0) is 24.6 Å². The molecule has 2 rings (SSSR count). The molecule has 0 saturated carbocycles. The van der Waals surface area contributed by atoms with Crippen LogP contribution in [0.1, 0.15) is 22.8 Å². The summed E-state index contributed by atoms with van der Waals surface area (Å²) in [7, 11) is 1.32. The van der Waals surface area contributed by atoms with Gasteiger partial charge in [-0.1, -0.05) is 22.0 Å². The van der Waals surface area contributed by atoms with E-state index in [1.54, 1.807) is 13.0 Å². The lowest BCUT2D eigenvalue weighted by molar-refractivity contribution is -0.145. The fraction of sp³-hybridized carbons (Fsp3) is 0.333. The molecule has 1 heterocycles. The molecule has 1 aromatic rings. The third-order valence-electron chi connectivity index (χ3n) is 2.91. The van der Waals surface area contributed by atoms with E-state index >= 15 is 0 Å².